The Bertz CT molecular complexity index is 669. The van der Waals surface area contributed by atoms with Gasteiger partial charge < -0.3 is 10.2 Å². The zero-order valence-electron chi connectivity index (χ0n) is 13.8. The van der Waals surface area contributed by atoms with Crippen molar-refractivity contribution in [3.63, 3.8) is 0 Å². The number of amides is 1. The van der Waals surface area contributed by atoms with Crippen LogP contribution in [0, 0.1) is 0 Å². The van der Waals surface area contributed by atoms with Crippen LogP contribution in [0.25, 0.3) is 0 Å². The minimum absolute atomic E-state index is 0.0597. The van der Waals surface area contributed by atoms with E-state index in [4.69, 9.17) is 0 Å². The summed E-state index contributed by atoms with van der Waals surface area (Å²) in [7, 11) is 0. The number of anilines is 2. The van der Waals surface area contributed by atoms with Crippen LogP contribution in [0.4, 0.5) is 11.5 Å². The molecule has 1 aromatic heterocycles. The van der Waals surface area contributed by atoms with Gasteiger partial charge >= 0.3 is 0 Å². The molecule has 0 spiro atoms. The van der Waals surface area contributed by atoms with Crippen LogP contribution in [0.1, 0.15) is 6.92 Å². The summed E-state index contributed by atoms with van der Waals surface area (Å²) in [6.45, 7) is 5.82. The fourth-order valence-corrected chi connectivity index (χ4v) is 3.28. The SMILES string of the molecule is C[C@H](C(=O)Nc1ccc(Br)cc1)[NH+]1CCN(c2cccc[nH+]2)CC1. The second-order valence-electron chi connectivity index (χ2n) is 6.11. The highest BCUT2D eigenvalue weighted by Crippen LogP contribution is 2.14. The van der Waals surface area contributed by atoms with Crippen molar-refractivity contribution in [1.29, 1.82) is 0 Å². The molecule has 6 heteroatoms. The number of quaternary nitrogens is 1. The molecular weight excluding hydrogens is 368 g/mol. The number of piperazine rings is 1. The Labute approximate surface area is 150 Å². The first-order chi connectivity index (χ1) is 11.6. The third-order valence-corrected chi connectivity index (χ3v) is 5.09. The number of carbonyl (C=O) groups excluding carboxylic acids is 1. The lowest BCUT2D eigenvalue weighted by atomic mass is 10.2. The second kappa shape index (κ2) is 7.77. The van der Waals surface area contributed by atoms with Gasteiger partial charge in [0, 0.05) is 16.2 Å². The number of hydrogen-bond acceptors (Lipinski definition) is 2. The van der Waals surface area contributed by atoms with E-state index in [1.165, 1.54) is 4.90 Å². The molecule has 1 atom stereocenters. The van der Waals surface area contributed by atoms with Gasteiger partial charge in [0.05, 0.1) is 6.20 Å². The summed E-state index contributed by atoms with van der Waals surface area (Å²) in [5.74, 6) is 1.22. The molecule has 1 fully saturated rings. The van der Waals surface area contributed by atoms with E-state index in [0.29, 0.717) is 0 Å². The van der Waals surface area contributed by atoms with Gasteiger partial charge in [-0.1, -0.05) is 22.0 Å². The molecule has 126 valence electrons. The van der Waals surface area contributed by atoms with Crippen LogP contribution in [0.3, 0.4) is 0 Å². The van der Waals surface area contributed by atoms with E-state index in [1.807, 2.05) is 49.5 Å². The lowest BCUT2D eigenvalue weighted by Gasteiger charge is -2.31. The standard InChI is InChI=1S/C18H21BrN4O/c1-14(18(24)21-16-7-5-15(19)6-8-16)22-10-12-23(13-11-22)17-4-2-3-9-20-17/h2-9,14H,10-13H2,1H3,(H,21,24)/p+2/t14-/m1/s1. The summed E-state index contributed by atoms with van der Waals surface area (Å²) in [5.41, 5.74) is 0.840. The average Bonchev–Trinajstić information content (AvgIpc) is 2.64. The van der Waals surface area contributed by atoms with Gasteiger partial charge in [0.25, 0.3) is 11.7 Å². The third kappa shape index (κ3) is 4.13. The molecule has 24 heavy (non-hydrogen) atoms. The Kier molecular flexibility index (Phi) is 5.48. The number of carbonyl (C=O) groups is 1. The summed E-state index contributed by atoms with van der Waals surface area (Å²) < 4.78 is 1.01. The van der Waals surface area contributed by atoms with Crippen molar-refractivity contribution in [2.24, 2.45) is 0 Å². The van der Waals surface area contributed by atoms with Crippen LogP contribution in [0.15, 0.2) is 53.1 Å². The lowest BCUT2D eigenvalue weighted by molar-refractivity contribution is -0.914. The Hall–Kier alpha value is -1.92. The maximum absolute atomic E-state index is 12.5. The summed E-state index contributed by atoms with van der Waals surface area (Å²) in [5, 5.41) is 3.01. The van der Waals surface area contributed by atoms with Crippen molar-refractivity contribution in [1.82, 2.24) is 0 Å². The van der Waals surface area contributed by atoms with Gasteiger partial charge in [0.2, 0.25) is 0 Å². The van der Waals surface area contributed by atoms with Crippen molar-refractivity contribution >= 4 is 33.3 Å². The van der Waals surface area contributed by atoms with Crippen molar-refractivity contribution < 1.29 is 14.7 Å². The van der Waals surface area contributed by atoms with Gasteiger partial charge in [0.1, 0.15) is 26.2 Å². The predicted octanol–water partition coefficient (Wildman–Crippen LogP) is 0.995. The molecule has 3 rings (SSSR count). The number of rotatable bonds is 4. The Balaban J connectivity index is 1.53. The molecular formula is C18H23BrN4O+2. The Morgan fingerprint density at radius 2 is 1.92 bits per heavy atom. The highest BCUT2D eigenvalue weighted by atomic mass is 79.9. The lowest BCUT2D eigenvalue weighted by Crippen LogP contribution is -3.19. The molecule has 1 aliphatic heterocycles. The summed E-state index contributed by atoms with van der Waals surface area (Å²) in [6.07, 6.45) is 1.95. The first-order valence-corrected chi connectivity index (χ1v) is 9.05. The Morgan fingerprint density at radius 3 is 2.54 bits per heavy atom. The van der Waals surface area contributed by atoms with Crippen LogP contribution in [-0.2, 0) is 4.79 Å². The van der Waals surface area contributed by atoms with Gasteiger partial charge in [0.15, 0.2) is 6.04 Å². The van der Waals surface area contributed by atoms with E-state index in [-0.39, 0.29) is 11.9 Å². The molecule has 1 aliphatic rings. The molecule has 0 radical (unpaired) electrons. The largest absolute Gasteiger partial charge is 0.321 e. The number of aromatic amines is 1. The Morgan fingerprint density at radius 1 is 1.21 bits per heavy atom. The summed E-state index contributed by atoms with van der Waals surface area (Å²) >= 11 is 3.40. The number of H-pyrrole nitrogens is 1. The molecule has 0 saturated carbocycles. The molecule has 2 aromatic rings. The monoisotopic (exact) mass is 390 g/mol. The van der Waals surface area contributed by atoms with Crippen LogP contribution >= 0.6 is 15.9 Å². The topological polar surface area (TPSA) is 50.9 Å². The highest BCUT2D eigenvalue weighted by molar-refractivity contribution is 9.10. The van der Waals surface area contributed by atoms with Crippen LogP contribution in [-0.4, -0.2) is 38.1 Å². The third-order valence-electron chi connectivity index (χ3n) is 4.56. The highest BCUT2D eigenvalue weighted by Gasteiger charge is 2.32. The van der Waals surface area contributed by atoms with Crippen LogP contribution in [0.2, 0.25) is 0 Å². The molecule has 3 N–H and O–H groups in total. The van der Waals surface area contributed by atoms with Gasteiger partial charge in [-0.3, -0.25) is 9.69 Å². The predicted molar refractivity (Wildman–Crippen MR) is 98.1 cm³/mol. The van der Waals surface area contributed by atoms with E-state index in [1.54, 1.807) is 0 Å². The number of nitrogens with zero attached hydrogens (tertiary/aromatic N) is 1. The van der Waals surface area contributed by atoms with E-state index in [9.17, 15) is 4.79 Å². The first-order valence-electron chi connectivity index (χ1n) is 8.26. The van der Waals surface area contributed by atoms with Crippen molar-refractivity contribution in [3.8, 4) is 0 Å². The van der Waals surface area contributed by atoms with Gasteiger partial charge in [-0.15, -0.1) is 0 Å². The van der Waals surface area contributed by atoms with E-state index in [0.717, 1.165) is 42.2 Å². The molecule has 5 nitrogen and oxygen atoms in total. The first kappa shape index (κ1) is 16.9. The van der Waals surface area contributed by atoms with Gasteiger partial charge in [-0.05, 0) is 37.3 Å². The smallest absolute Gasteiger partial charge is 0.282 e. The maximum atomic E-state index is 12.5. The summed E-state index contributed by atoms with van der Waals surface area (Å²) in [4.78, 5) is 19.4. The van der Waals surface area contributed by atoms with E-state index < -0.39 is 0 Å². The quantitative estimate of drug-likeness (QED) is 0.817. The molecule has 0 aliphatic carbocycles. The number of hydrogen-bond donors (Lipinski definition) is 2. The minimum atomic E-state index is -0.0597. The summed E-state index contributed by atoms with van der Waals surface area (Å²) in [6, 6.07) is 13.7. The molecule has 1 saturated heterocycles. The normalized spacial score (nSPS) is 16.7. The minimum Gasteiger partial charge on any atom is -0.321 e. The average molecular weight is 391 g/mol. The number of aromatic nitrogens is 1. The zero-order chi connectivity index (χ0) is 16.9. The van der Waals surface area contributed by atoms with Crippen molar-refractivity contribution in [3.05, 3.63) is 53.1 Å². The maximum Gasteiger partial charge on any atom is 0.282 e. The molecule has 1 aromatic carbocycles. The molecule has 2 heterocycles. The van der Waals surface area contributed by atoms with E-state index >= 15 is 0 Å². The number of pyridine rings is 1. The molecule has 0 bridgehead atoms. The van der Waals surface area contributed by atoms with E-state index in [2.05, 4.69) is 37.2 Å². The van der Waals surface area contributed by atoms with Gasteiger partial charge in [-0.2, -0.15) is 0 Å². The van der Waals surface area contributed by atoms with Gasteiger partial charge in [-0.25, -0.2) is 4.98 Å². The van der Waals surface area contributed by atoms with Crippen LogP contribution < -0.4 is 20.1 Å². The fourth-order valence-electron chi connectivity index (χ4n) is 3.02. The fraction of sp³-hybridized carbons (Fsp3) is 0.333. The number of benzene rings is 1. The van der Waals surface area contributed by atoms with Crippen molar-refractivity contribution in [2.75, 3.05) is 36.4 Å². The second-order valence-corrected chi connectivity index (χ2v) is 7.03. The van der Waals surface area contributed by atoms with Crippen LogP contribution in [0.5, 0.6) is 0 Å². The number of halogens is 1. The molecule has 0 unspecified atom stereocenters. The zero-order valence-corrected chi connectivity index (χ0v) is 15.3. The number of nitrogens with one attached hydrogen (secondary N) is 3. The molecule has 1 amide bonds. The van der Waals surface area contributed by atoms with Crippen molar-refractivity contribution in [2.45, 2.75) is 13.0 Å².